The summed E-state index contributed by atoms with van der Waals surface area (Å²) in [6.45, 7) is 8.30. The van der Waals surface area contributed by atoms with Gasteiger partial charge in [0.05, 0.1) is 0 Å². The molecule has 0 spiro atoms. The topological polar surface area (TPSA) is 18.5 Å². The minimum Gasteiger partial charge on any atom is -0.409 e. The van der Waals surface area contributed by atoms with Crippen LogP contribution in [-0.2, 0) is 9.31 Å². The Morgan fingerprint density at radius 2 is 1.36 bits per heavy atom. The number of rotatable bonds is 5. The number of hydrogen-bond acceptors (Lipinski definition) is 2. The standard InChI is InChI=1S/C11H23BO2/c1-9(2)13-12(14-10(3)4)11-7-5-6-8-11/h9-11H,5-8H2,1-4H3. The molecule has 0 unspecified atom stereocenters. The maximum Gasteiger partial charge on any atom is 0.460 e. The molecular weight excluding hydrogens is 175 g/mol. The van der Waals surface area contributed by atoms with E-state index in [-0.39, 0.29) is 19.3 Å². The zero-order chi connectivity index (χ0) is 10.6. The van der Waals surface area contributed by atoms with Crippen molar-refractivity contribution >= 4 is 7.12 Å². The lowest BCUT2D eigenvalue weighted by Gasteiger charge is -2.23. The van der Waals surface area contributed by atoms with Gasteiger partial charge in [0, 0.05) is 12.2 Å². The molecule has 14 heavy (non-hydrogen) atoms. The normalized spacial score (nSPS) is 18.4. The highest BCUT2D eigenvalue weighted by Crippen LogP contribution is 2.34. The van der Waals surface area contributed by atoms with Crippen molar-refractivity contribution in [3.05, 3.63) is 0 Å². The van der Waals surface area contributed by atoms with E-state index < -0.39 is 0 Å². The molecule has 1 fully saturated rings. The summed E-state index contributed by atoms with van der Waals surface area (Å²) >= 11 is 0. The van der Waals surface area contributed by atoms with E-state index in [2.05, 4.69) is 27.7 Å². The minimum atomic E-state index is 0.0255. The van der Waals surface area contributed by atoms with Crippen LogP contribution < -0.4 is 0 Å². The Kier molecular flexibility index (Phi) is 4.97. The van der Waals surface area contributed by atoms with Crippen molar-refractivity contribution in [3.8, 4) is 0 Å². The molecule has 82 valence electrons. The van der Waals surface area contributed by atoms with Crippen molar-refractivity contribution in [2.75, 3.05) is 0 Å². The highest BCUT2D eigenvalue weighted by Gasteiger charge is 2.33. The first kappa shape index (κ1) is 12.1. The van der Waals surface area contributed by atoms with Crippen LogP contribution in [0, 0.1) is 0 Å². The molecule has 0 aliphatic heterocycles. The molecule has 1 rings (SSSR count). The van der Waals surface area contributed by atoms with Crippen molar-refractivity contribution in [3.63, 3.8) is 0 Å². The Hall–Kier alpha value is -0.0151. The van der Waals surface area contributed by atoms with E-state index in [1.54, 1.807) is 0 Å². The van der Waals surface area contributed by atoms with Gasteiger partial charge >= 0.3 is 7.12 Å². The molecule has 0 amide bonds. The van der Waals surface area contributed by atoms with Crippen LogP contribution >= 0.6 is 0 Å². The monoisotopic (exact) mass is 198 g/mol. The summed E-state index contributed by atoms with van der Waals surface area (Å²) in [5.74, 6) is 0.625. The zero-order valence-corrected chi connectivity index (χ0v) is 9.95. The first-order valence-electron chi connectivity index (χ1n) is 5.90. The van der Waals surface area contributed by atoms with Gasteiger partial charge in [0.25, 0.3) is 0 Å². The molecule has 0 aromatic heterocycles. The second-order valence-corrected chi connectivity index (χ2v) is 4.78. The minimum absolute atomic E-state index is 0.0255. The molecule has 0 atom stereocenters. The second kappa shape index (κ2) is 5.77. The molecule has 0 bridgehead atoms. The van der Waals surface area contributed by atoms with Gasteiger partial charge in [-0.3, -0.25) is 0 Å². The molecule has 0 N–H and O–H groups in total. The Morgan fingerprint density at radius 3 is 1.71 bits per heavy atom. The highest BCUT2D eigenvalue weighted by molar-refractivity contribution is 6.46. The summed E-state index contributed by atoms with van der Waals surface area (Å²) in [5.41, 5.74) is 0. The maximum absolute atomic E-state index is 5.82. The van der Waals surface area contributed by atoms with Gasteiger partial charge in [0.2, 0.25) is 0 Å². The lowest BCUT2D eigenvalue weighted by molar-refractivity contribution is 0.123. The first-order chi connectivity index (χ1) is 6.59. The zero-order valence-electron chi connectivity index (χ0n) is 9.95. The molecule has 3 heteroatoms. The highest BCUT2D eigenvalue weighted by atomic mass is 16.6. The van der Waals surface area contributed by atoms with Gasteiger partial charge in [0.1, 0.15) is 0 Å². The Morgan fingerprint density at radius 1 is 0.929 bits per heavy atom. The summed E-state index contributed by atoms with van der Waals surface area (Å²) < 4.78 is 11.6. The molecule has 1 saturated carbocycles. The van der Waals surface area contributed by atoms with Crippen LogP contribution in [0.2, 0.25) is 5.82 Å². The smallest absolute Gasteiger partial charge is 0.409 e. The summed E-state index contributed by atoms with van der Waals surface area (Å²) in [5, 5.41) is 0. The van der Waals surface area contributed by atoms with Gasteiger partial charge in [-0.1, -0.05) is 25.7 Å². The van der Waals surface area contributed by atoms with E-state index in [9.17, 15) is 0 Å². The fourth-order valence-electron chi connectivity index (χ4n) is 2.02. The van der Waals surface area contributed by atoms with E-state index in [0.717, 1.165) is 0 Å². The van der Waals surface area contributed by atoms with E-state index in [1.165, 1.54) is 25.7 Å². The van der Waals surface area contributed by atoms with Crippen molar-refractivity contribution in [1.82, 2.24) is 0 Å². The Labute approximate surface area is 88.5 Å². The third kappa shape index (κ3) is 4.01. The molecule has 1 aliphatic carbocycles. The molecule has 0 aromatic carbocycles. The molecule has 2 nitrogen and oxygen atoms in total. The third-order valence-electron chi connectivity index (χ3n) is 2.60. The van der Waals surface area contributed by atoms with Gasteiger partial charge < -0.3 is 9.31 Å². The van der Waals surface area contributed by atoms with Crippen molar-refractivity contribution in [2.24, 2.45) is 0 Å². The average Bonchev–Trinajstić information content (AvgIpc) is 2.52. The van der Waals surface area contributed by atoms with Crippen LogP contribution in [0.25, 0.3) is 0 Å². The van der Waals surface area contributed by atoms with Crippen LogP contribution in [0.3, 0.4) is 0 Å². The summed E-state index contributed by atoms with van der Waals surface area (Å²) in [6.07, 6.45) is 5.74. The SMILES string of the molecule is CC(C)OB(OC(C)C)C1CCCC1. The van der Waals surface area contributed by atoms with E-state index in [1.807, 2.05) is 0 Å². The summed E-state index contributed by atoms with van der Waals surface area (Å²) in [7, 11) is 0.0255. The fraction of sp³-hybridized carbons (Fsp3) is 1.00. The molecule has 0 heterocycles. The molecule has 1 aliphatic rings. The van der Waals surface area contributed by atoms with E-state index in [4.69, 9.17) is 9.31 Å². The first-order valence-corrected chi connectivity index (χ1v) is 5.90. The Bertz CT molecular complexity index is 143. The number of hydrogen-bond donors (Lipinski definition) is 0. The molecule has 0 saturated heterocycles. The lowest BCUT2D eigenvalue weighted by Crippen LogP contribution is -2.33. The van der Waals surface area contributed by atoms with Crippen LogP contribution in [-0.4, -0.2) is 19.3 Å². The van der Waals surface area contributed by atoms with Gasteiger partial charge in [-0.05, 0) is 33.5 Å². The summed E-state index contributed by atoms with van der Waals surface area (Å²) in [6, 6.07) is 0. The molecule has 0 aromatic rings. The third-order valence-corrected chi connectivity index (χ3v) is 2.60. The second-order valence-electron chi connectivity index (χ2n) is 4.78. The van der Waals surface area contributed by atoms with Gasteiger partial charge in [0.15, 0.2) is 0 Å². The van der Waals surface area contributed by atoms with Gasteiger partial charge in [-0.15, -0.1) is 0 Å². The summed E-state index contributed by atoms with van der Waals surface area (Å²) in [4.78, 5) is 0. The average molecular weight is 198 g/mol. The van der Waals surface area contributed by atoms with Crippen molar-refractivity contribution in [2.45, 2.75) is 71.4 Å². The van der Waals surface area contributed by atoms with Gasteiger partial charge in [-0.2, -0.15) is 0 Å². The van der Waals surface area contributed by atoms with E-state index >= 15 is 0 Å². The largest absolute Gasteiger partial charge is 0.460 e. The quantitative estimate of drug-likeness (QED) is 0.631. The van der Waals surface area contributed by atoms with Crippen LogP contribution in [0.5, 0.6) is 0 Å². The van der Waals surface area contributed by atoms with Crippen molar-refractivity contribution in [1.29, 1.82) is 0 Å². The van der Waals surface area contributed by atoms with Crippen LogP contribution in [0.15, 0.2) is 0 Å². The molecular formula is C11H23BO2. The predicted molar refractivity (Wildman–Crippen MR) is 60.4 cm³/mol. The van der Waals surface area contributed by atoms with Crippen LogP contribution in [0.1, 0.15) is 53.4 Å². The van der Waals surface area contributed by atoms with Crippen molar-refractivity contribution < 1.29 is 9.31 Å². The van der Waals surface area contributed by atoms with Crippen LogP contribution in [0.4, 0.5) is 0 Å². The lowest BCUT2D eigenvalue weighted by atomic mass is 9.70. The van der Waals surface area contributed by atoms with E-state index in [0.29, 0.717) is 5.82 Å². The maximum atomic E-state index is 5.82. The Balaban J connectivity index is 2.42. The predicted octanol–water partition coefficient (Wildman–Crippen LogP) is 3.27. The molecule has 0 radical (unpaired) electrons. The fourth-order valence-corrected chi connectivity index (χ4v) is 2.02. The van der Waals surface area contributed by atoms with Gasteiger partial charge in [-0.25, -0.2) is 0 Å².